The Morgan fingerprint density at radius 2 is 1.95 bits per heavy atom. The van der Waals surface area contributed by atoms with Gasteiger partial charge in [0.25, 0.3) is 0 Å². The van der Waals surface area contributed by atoms with E-state index in [4.69, 9.17) is 0 Å². The molecule has 1 nitrogen and oxygen atoms in total. The van der Waals surface area contributed by atoms with E-state index in [0.717, 1.165) is 15.6 Å². The molecule has 0 saturated carbocycles. The molecular formula is C15H13Br2FO. The zero-order chi connectivity index (χ0) is 14.0. The molecule has 0 saturated heterocycles. The first kappa shape index (κ1) is 14.7. The van der Waals surface area contributed by atoms with Crippen LogP contribution in [0.15, 0.2) is 45.3 Å². The fraction of sp³-hybridized carbons (Fsp3) is 0.200. The molecule has 1 N–H and O–H groups in total. The van der Waals surface area contributed by atoms with Crippen LogP contribution in [-0.4, -0.2) is 5.11 Å². The van der Waals surface area contributed by atoms with Gasteiger partial charge in [-0.2, -0.15) is 0 Å². The predicted molar refractivity (Wildman–Crippen MR) is 81.6 cm³/mol. The van der Waals surface area contributed by atoms with Crippen molar-refractivity contribution in [3.05, 3.63) is 67.9 Å². The van der Waals surface area contributed by atoms with E-state index < -0.39 is 6.10 Å². The van der Waals surface area contributed by atoms with Gasteiger partial charge in [0, 0.05) is 15.4 Å². The molecule has 4 heteroatoms. The molecule has 1 unspecified atom stereocenters. The molecule has 2 aromatic rings. The van der Waals surface area contributed by atoms with Gasteiger partial charge in [-0.25, -0.2) is 4.39 Å². The van der Waals surface area contributed by atoms with Crippen LogP contribution in [-0.2, 0) is 6.42 Å². The fourth-order valence-electron chi connectivity index (χ4n) is 1.99. The normalized spacial score (nSPS) is 12.5. The van der Waals surface area contributed by atoms with Crippen molar-refractivity contribution >= 4 is 31.9 Å². The van der Waals surface area contributed by atoms with E-state index in [-0.39, 0.29) is 12.2 Å². The topological polar surface area (TPSA) is 20.2 Å². The van der Waals surface area contributed by atoms with E-state index in [1.54, 1.807) is 12.1 Å². The van der Waals surface area contributed by atoms with Gasteiger partial charge in [-0.3, -0.25) is 0 Å². The summed E-state index contributed by atoms with van der Waals surface area (Å²) in [5.41, 5.74) is 2.30. The Hall–Kier alpha value is -0.710. The highest BCUT2D eigenvalue weighted by Crippen LogP contribution is 2.28. The van der Waals surface area contributed by atoms with Crippen LogP contribution < -0.4 is 0 Å². The molecule has 0 aliphatic rings. The lowest BCUT2D eigenvalue weighted by molar-refractivity contribution is 0.176. The largest absolute Gasteiger partial charge is 0.388 e. The number of hydrogen-bond acceptors (Lipinski definition) is 1. The van der Waals surface area contributed by atoms with Crippen LogP contribution in [0.1, 0.15) is 22.8 Å². The van der Waals surface area contributed by atoms with Crippen LogP contribution in [0.3, 0.4) is 0 Å². The summed E-state index contributed by atoms with van der Waals surface area (Å²) in [5, 5.41) is 10.3. The maximum absolute atomic E-state index is 13.8. The summed E-state index contributed by atoms with van der Waals surface area (Å²) in [4.78, 5) is 0. The zero-order valence-electron chi connectivity index (χ0n) is 10.3. The summed E-state index contributed by atoms with van der Waals surface area (Å²) in [6, 6.07) is 10.5. The van der Waals surface area contributed by atoms with Gasteiger partial charge in [-0.15, -0.1) is 0 Å². The lowest BCUT2D eigenvalue weighted by atomic mass is 9.97. The second kappa shape index (κ2) is 6.16. The Bertz CT molecular complexity index is 599. The van der Waals surface area contributed by atoms with Crippen molar-refractivity contribution in [2.45, 2.75) is 19.4 Å². The molecule has 0 aromatic heterocycles. The number of aliphatic hydroxyl groups excluding tert-OH is 1. The zero-order valence-corrected chi connectivity index (χ0v) is 13.5. The maximum atomic E-state index is 13.8. The average molecular weight is 388 g/mol. The smallest absolute Gasteiger partial charge is 0.127 e. The third-order valence-corrected chi connectivity index (χ3v) is 4.45. The second-order valence-corrected chi connectivity index (χ2v) is 6.18. The molecule has 2 aromatic carbocycles. The summed E-state index contributed by atoms with van der Waals surface area (Å²) in [6.45, 7) is 1.93. The lowest BCUT2D eigenvalue weighted by Gasteiger charge is -2.15. The van der Waals surface area contributed by atoms with Gasteiger partial charge in [-0.05, 0) is 41.8 Å². The van der Waals surface area contributed by atoms with Crippen molar-refractivity contribution in [1.82, 2.24) is 0 Å². The van der Waals surface area contributed by atoms with E-state index >= 15 is 0 Å². The summed E-state index contributed by atoms with van der Waals surface area (Å²) >= 11 is 6.65. The third kappa shape index (κ3) is 3.44. The molecule has 2 rings (SSSR count). The van der Waals surface area contributed by atoms with E-state index in [0.29, 0.717) is 10.0 Å². The van der Waals surface area contributed by atoms with Crippen molar-refractivity contribution < 1.29 is 9.50 Å². The van der Waals surface area contributed by atoms with Crippen LogP contribution in [0.5, 0.6) is 0 Å². The molecular weight excluding hydrogens is 375 g/mol. The molecule has 19 heavy (non-hydrogen) atoms. The average Bonchev–Trinajstić information content (AvgIpc) is 2.36. The molecule has 0 bridgehead atoms. The highest BCUT2D eigenvalue weighted by molar-refractivity contribution is 9.10. The Balaban J connectivity index is 2.25. The third-order valence-electron chi connectivity index (χ3n) is 3.10. The van der Waals surface area contributed by atoms with Crippen molar-refractivity contribution in [1.29, 1.82) is 0 Å². The van der Waals surface area contributed by atoms with E-state index in [1.165, 1.54) is 6.07 Å². The van der Waals surface area contributed by atoms with E-state index in [2.05, 4.69) is 31.9 Å². The van der Waals surface area contributed by atoms with Crippen molar-refractivity contribution in [3.8, 4) is 0 Å². The molecule has 0 fully saturated rings. The highest BCUT2D eigenvalue weighted by Gasteiger charge is 2.14. The summed E-state index contributed by atoms with van der Waals surface area (Å²) in [5.74, 6) is -0.305. The first-order valence-electron chi connectivity index (χ1n) is 5.86. The first-order valence-corrected chi connectivity index (χ1v) is 7.44. The van der Waals surface area contributed by atoms with Gasteiger partial charge in [-0.1, -0.05) is 50.1 Å². The van der Waals surface area contributed by atoms with Crippen molar-refractivity contribution in [2.24, 2.45) is 0 Å². The van der Waals surface area contributed by atoms with Gasteiger partial charge in [0.05, 0.1) is 6.10 Å². The number of hydrogen-bond donors (Lipinski definition) is 1. The van der Waals surface area contributed by atoms with Crippen molar-refractivity contribution in [3.63, 3.8) is 0 Å². The van der Waals surface area contributed by atoms with Crippen LogP contribution in [0.25, 0.3) is 0 Å². The number of rotatable bonds is 3. The minimum atomic E-state index is -0.715. The minimum absolute atomic E-state index is 0.260. The van der Waals surface area contributed by atoms with Crippen LogP contribution >= 0.6 is 31.9 Å². The maximum Gasteiger partial charge on any atom is 0.127 e. The molecule has 0 spiro atoms. The molecule has 0 aliphatic carbocycles. The fourth-order valence-corrected chi connectivity index (χ4v) is 2.71. The quantitative estimate of drug-likeness (QED) is 0.791. The summed E-state index contributed by atoms with van der Waals surface area (Å²) < 4.78 is 15.4. The van der Waals surface area contributed by atoms with E-state index in [9.17, 15) is 9.50 Å². The SMILES string of the molecule is Cc1c(Br)cccc1C(O)Cc1ccc(Br)cc1F. The standard InChI is InChI=1S/C15H13Br2FO/c1-9-12(3-2-4-13(9)17)15(19)7-10-5-6-11(16)8-14(10)18/h2-6,8,15,19H,7H2,1H3. The monoisotopic (exact) mass is 386 g/mol. The second-order valence-electron chi connectivity index (χ2n) is 4.41. The molecule has 0 heterocycles. The van der Waals surface area contributed by atoms with E-state index in [1.807, 2.05) is 25.1 Å². The Morgan fingerprint density at radius 1 is 1.21 bits per heavy atom. The van der Waals surface area contributed by atoms with Crippen LogP contribution in [0.4, 0.5) is 4.39 Å². The summed E-state index contributed by atoms with van der Waals surface area (Å²) in [7, 11) is 0. The molecule has 100 valence electrons. The first-order chi connectivity index (χ1) is 8.99. The van der Waals surface area contributed by atoms with Gasteiger partial charge >= 0.3 is 0 Å². The molecule has 1 atom stereocenters. The van der Waals surface area contributed by atoms with Crippen molar-refractivity contribution in [2.75, 3.05) is 0 Å². The predicted octanol–water partition coefficient (Wildman–Crippen LogP) is 4.94. The Labute approximate surface area is 128 Å². The van der Waals surface area contributed by atoms with Gasteiger partial charge in [0.1, 0.15) is 5.82 Å². The number of benzene rings is 2. The Kier molecular flexibility index (Phi) is 4.76. The minimum Gasteiger partial charge on any atom is -0.388 e. The van der Waals surface area contributed by atoms with Gasteiger partial charge in [0.15, 0.2) is 0 Å². The van der Waals surface area contributed by atoms with Gasteiger partial charge in [0.2, 0.25) is 0 Å². The van der Waals surface area contributed by atoms with Crippen LogP contribution in [0, 0.1) is 12.7 Å². The molecule has 0 radical (unpaired) electrons. The van der Waals surface area contributed by atoms with Crippen LogP contribution in [0.2, 0.25) is 0 Å². The van der Waals surface area contributed by atoms with Gasteiger partial charge < -0.3 is 5.11 Å². The lowest BCUT2D eigenvalue weighted by Crippen LogP contribution is -2.05. The number of halogens is 3. The number of aliphatic hydroxyl groups is 1. The molecule has 0 amide bonds. The highest BCUT2D eigenvalue weighted by atomic mass is 79.9. The Morgan fingerprint density at radius 3 is 2.63 bits per heavy atom. The summed E-state index contributed by atoms with van der Waals surface area (Å²) in [6.07, 6.45) is -0.454. The molecule has 0 aliphatic heterocycles.